The van der Waals surface area contributed by atoms with E-state index < -0.39 is 5.60 Å². The van der Waals surface area contributed by atoms with E-state index in [4.69, 9.17) is 14.2 Å². The summed E-state index contributed by atoms with van der Waals surface area (Å²) < 4.78 is 16.7. The van der Waals surface area contributed by atoms with Crippen molar-refractivity contribution in [1.29, 1.82) is 0 Å². The highest BCUT2D eigenvalue weighted by molar-refractivity contribution is 5.84. The second-order valence-corrected chi connectivity index (χ2v) is 5.96. The monoisotopic (exact) mass is 309 g/mol. The molecule has 1 aromatic carbocycles. The van der Waals surface area contributed by atoms with E-state index >= 15 is 0 Å². The highest BCUT2D eigenvalue weighted by Gasteiger charge is 2.32. The first-order valence-corrected chi connectivity index (χ1v) is 7.41. The minimum atomic E-state index is -0.955. The second-order valence-electron chi connectivity index (χ2n) is 5.96. The number of rotatable bonds is 8. The summed E-state index contributed by atoms with van der Waals surface area (Å²) in [7, 11) is 5.09. The van der Waals surface area contributed by atoms with Gasteiger partial charge in [0.2, 0.25) is 0 Å². The molecule has 0 bridgehead atoms. The first-order chi connectivity index (χ1) is 10.3. The zero-order chi connectivity index (χ0) is 16.8. The molecule has 0 radical (unpaired) electrons. The molecule has 1 rings (SSSR count). The number of hydrogen-bond donors (Lipinski definition) is 0. The van der Waals surface area contributed by atoms with Gasteiger partial charge in [-0.05, 0) is 38.5 Å². The molecule has 0 aromatic heterocycles. The molecule has 0 aliphatic heterocycles. The molecule has 0 N–H and O–H groups in total. The summed E-state index contributed by atoms with van der Waals surface area (Å²) in [6, 6.07) is 5.69. The normalized spacial score (nSPS) is 11.2. The van der Waals surface area contributed by atoms with Gasteiger partial charge in [-0.15, -0.1) is 0 Å². The fourth-order valence-corrected chi connectivity index (χ4v) is 2.05. The minimum absolute atomic E-state index is 0.0987. The van der Waals surface area contributed by atoms with Crippen molar-refractivity contribution in [2.75, 3.05) is 34.4 Å². The van der Waals surface area contributed by atoms with Crippen molar-refractivity contribution in [3.05, 3.63) is 23.8 Å². The van der Waals surface area contributed by atoms with Crippen LogP contribution in [0.2, 0.25) is 0 Å². The number of hydrogen-bond acceptors (Lipinski definition) is 4. The molecule has 0 saturated heterocycles. The molecule has 5 heteroatoms. The largest absolute Gasteiger partial charge is 0.490 e. The van der Waals surface area contributed by atoms with Gasteiger partial charge in [0.05, 0.1) is 6.61 Å². The van der Waals surface area contributed by atoms with E-state index in [0.29, 0.717) is 24.7 Å². The maximum atomic E-state index is 12.2. The van der Waals surface area contributed by atoms with Crippen LogP contribution in [0.5, 0.6) is 11.5 Å². The number of methoxy groups -OCH3 is 1. The predicted molar refractivity (Wildman–Crippen MR) is 86.6 cm³/mol. The Labute approximate surface area is 133 Å². The fraction of sp³-hybridized carbons (Fsp3) is 0.588. The van der Waals surface area contributed by atoms with Gasteiger partial charge in [0.25, 0.3) is 5.91 Å². The summed E-state index contributed by atoms with van der Waals surface area (Å²) >= 11 is 0. The number of ether oxygens (including phenoxy) is 3. The molecular formula is C17H27NO4. The van der Waals surface area contributed by atoms with Gasteiger partial charge in [-0.1, -0.05) is 6.07 Å². The maximum absolute atomic E-state index is 12.2. The predicted octanol–water partition coefficient (Wildman–Crippen LogP) is 2.66. The lowest BCUT2D eigenvalue weighted by atomic mass is 10.1. The van der Waals surface area contributed by atoms with Crippen LogP contribution in [-0.2, 0) is 9.53 Å². The zero-order valence-electron chi connectivity index (χ0n) is 14.4. The Hall–Kier alpha value is -1.75. The molecule has 1 amide bonds. The van der Waals surface area contributed by atoms with Crippen LogP contribution in [0.4, 0.5) is 0 Å². The average Bonchev–Trinajstić information content (AvgIpc) is 2.45. The van der Waals surface area contributed by atoms with Gasteiger partial charge in [0, 0.05) is 34.2 Å². The van der Waals surface area contributed by atoms with Crippen molar-refractivity contribution < 1.29 is 19.0 Å². The number of benzene rings is 1. The van der Waals surface area contributed by atoms with E-state index in [0.717, 1.165) is 12.0 Å². The average molecular weight is 309 g/mol. The highest BCUT2D eigenvalue weighted by atomic mass is 16.5. The fourth-order valence-electron chi connectivity index (χ4n) is 2.05. The van der Waals surface area contributed by atoms with Crippen LogP contribution in [0.25, 0.3) is 0 Å². The lowest BCUT2D eigenvalue weighted by molar-refractivity contribution is -0.142. The van der Waals surface area contributed by atoms with E-state index in [1.807, 2.05) is 25.1 Å². The molecule has 22 heavy (non-hydrogen) atoms. The SMILES string of the molecule is COCCCOc1cc(C)ccc1OC(C)(C)C(=O)N(C)C. The zero-order valence-corrected chi connectivity index (χ0v) is 14.4. The summed E-state index contributed by atoms with van der Waals surface area (Å²) in [5.74, 6) is 1.12. The van der Waals surface area contributed by atoms with Crippen molar-refractivity contribution in [3.63, 3.8) is 0 Å². The molecule has 0 fully saturated rings. The Kier molecular flexibility index (Phi) is 6.68. The third kappa shape index (κ3) is 5.22. The van der Waals surface area contributed by atoms with E-state index in [-0.39, 0.29) is 5.91 Å². The number of aryl methyl sites for hydroxylation is 1. The van der Waals surface area contributed by atoms with Gasteiger partial charge in [0.1, 0.15) is 0 Å². The lowest BCUT2D eigenvalue weighted by Gasteiger charge is -2.29. The molecule has 124 valence electrons. The lowest BCUT2D eigenvalue weighted by Crippen LogP contribution is -2.45. The Morgan fingerprint density at radius 1 is 1.18 bits per heavy atom. The summed E-state index contributed by atoms with van der Waals surface area (Å²) in [5.41, 5.74) is 0.120. The molecule has 0 saturated carbocycles. The van der Waals surface area contributed by atoms with Crippen LogP contribution in [0.3, 0.4) is 0 Å². The van der Waals surface area contributed by atoms with Crippen molar-refractivity contribution in [2.45, 2.75) is 32.8 Å². The number of amides is 1. The van der Waals surface area contributed by atoms with Crippen LogP contribution in [-0.4, -0.2) is 50.8 Å². The first kappa shape index (κ1) is 18.3. The summed E-state index contributed by atoms with van der Waals surface area (Å²) in [5, 5.41) is 0. The first-order valence-electron chi connectivity index (χ1n) is 7.41. The number of carbonyl (C=O) groups is 1. The van der Waals surface area contributed by atoms with Crippen molar-refractivity contribution >= 4 is 5.91 Å². The Balaban J connectivity index is 2.87. The van der Waals surface area contributed by atoms with Gasteiger partial charge in [-0.3, -0.25) is 4.79 Å². The van der Waals surface area contributed by atoms with Crippen molar-refractivity contribution in [1.82, 2.24) is 4.90 Å². The Bertz CT molecular complexity index is 497. The van der Waals surface area contributed by atoms with E-state index in [1.165, 1.54) is 4.90 Å². The van der Waals surface area contributed by atoms with Gasteiger partial charge in [-0.2, -0.15) is 0 Å². The van der Waals surface area contributed by atoms with Crippen LogP contribution >= 0.6 is 0 Å². The molecule has 1 aromatic rings. The van der Waals surface area contributed by atoms with Crippen molar-refractivity contribution in [2.24, 2.45) is 0 Å². The summed E-state index contributed by atoms with van der Waals surface area (Å²) in [6.45, 7) is 6.68. The molecule has 0 atom stereocenters. The number of likely N-dealkylation sites (N-methyl/N-ethyl adjacent to an activating group) is 1. The van der Waals surface area contributed by atoms with E-state index in [2.05, 4.69) is 0 Å². The van der Waals surface area contributed by atoms with E-state index in [9.17, 15) is 4.79 Å². The summed E-state index contributed by atoms with van der Waals surface area (Å²) in [6.07, 6.45) is 0.796. The van der Waals surface area contributed by atoms with Crippen molar-refractivity contribution in [3.8, 4) is 11.5 Å². The topological polar surface area (TPSA) is 48.0 Å². The molecule has 5 nitrogen and oxygen atoms in total. The van der Waals surface area contributed by atoms with E-state index in [1.54, 1.807) is 35.1 Å². The molecule has 0 unspecified atom stereocenters. The number of nitrogens with zero attached hydrogens (tertiary/aromatic N) is 1. The Morgan fingerprint density at radius 3 is 2.45 bits per heavy atom. The third-order valence-electron chi connectivity index (χ3n) is 3.14. The summed E-state index contributed by atoms with van der Waals surface area (Å²) in [4.78, 5) is 13.7. The van der Waals surface area contributed by atoms with Gasteiger partial charge in [0.15, 0.2) is 17.1 Å². The second kappa shape index (κ2) is 8.03. The Morgan fingerprint density at radius 2 is 1.86 bits per heavy atom. The smallest absolute Gasteiger partial charge is 0.265 e. The minimum Gasteiger partial charge on any atom is -0.490 e. The van der Waals surface area contributed by atoms with Crippen LogP contribution in [0.15, 0.2) is 18.2 Å². The maximum Gasteiger partial charge on any atom is 0.265 e. The highest BCUT2D eigenvalue weighted by Crippen LogP contribution is 2.32. The number of carbonyl (C=O) groups excluding carboxylic acids is 1. The third-order valence-corrected chi connectivity index (χ3v) is 3.14. The molecule has 0 heterocycles. The van der Waals surface area contributed by atoms with Crippen LogP contribution < -0.4 is 9.47 Å². The standard InChI is InChI=1S/C17H27NO4/c1-13-8-9-14(15(12-13)21-11-7-10-20-6)22-17(2,3)16(19)18(4)5/h8-9,12H,7,10-11H2,1-6H3. The van der Waals surface area contributed by atoms with Gasteiger partial charge in [-0.25, -0.2) is 0 Å². The molecule has 0 aliphatic carbocycles. The quantitative estimate of drug-likeness (QED) is 0.693. The molecular weight excluding hydrogens is 282 g/mol. The molecule has 0 spiro atoms. The van der Waals surface area contributed by atoms with Gasteiger partial charge < -0.3 is 19.1 Å². The van der Waals surface area contributed by atoms with Crippen LogP contribution in [0.1, 0.15) is 25.8 Å². The van der Waals surface area contributed by atoms with Crippen LogP contribution in [0, 0.1) is 6.92 Å². The van der Waals surface area contributed by atoms with Gasteiger partial charge >= 0.3 is 0 Å². The molecule has 0 aliphatic rings.